The van der Waals surface area contributed by atoms with Crippen molar-refractivity contribution in [2.45, 2.75) is 38.1 Å². The summed E-state index contributed by atoms with van der Waals surface area (Å²) < 4.78 is 0. The molecule has 2 fully saturated rings. The van der Waals surface area contributed by atoms with Crippen LogP contribution in [0.1, 0.15) is 32.1 Å². The van der Waals surface area contributed by atoms with Crippen LogP contribution in [0.2, 0.25) is 0 Å². The number of rotatable bonds is 0. The van der Waals surface area contributed by atoms with Gasteiger partial charge in [-0.2, -0.15) is 0 Å². The maximum absolute atomic E-state index is 5.84. The molecule has 0 saturated heterocycles. The molecular formula is C8H15N. The number of hydrogen-bond donors (Lipinski definition) is 1. The highest BCUT2D eigenvalue weighted by Gasteiger charge is 2.46. The molecule has 0 heterocycles. The number of hydrogen-bond acceptors (Lipinski definition) is 1. The summed E-state index contributed by atoms with van der Waals surface area (Å²) in [5.74, 6) is 1.87. The Bertz CT molecular complexity index is 99.1. The van der Waals surface area contributed by atoms with Crippen LogP contribution in [0.5, 0.6) is 0 Å². The van der Waals surface area contributed by atoms with Crippen LogP contribution < -0.4 is 5.73 Å². The van der Waals surface area contributed by atoms with Crippen molar-refractivity contribution in [3.8, 4) is 0 Å². The monoisotopic (exact) mass is 125 g/mol. The van der Waals surface area contributed by atoms with Crippen LogP contribution in [0, 0.1) is 11.8 Å². The van der Waals surface area contributed by atoms with Crippen LogP contribution in [-0.2, 0) is 0 Å². The van der Waals surface area contributed by atoms with Gasteiger partial charge in [0.05, 0.1) is 0 Å². The van der Waals surface area contributed by atoms with Crippen LogP contribution >= 0.6 is 0 Å². The zero-order valence-electron chi connectivity index (χ0n) is 5.84. The topological polar surface area (TPSA) is 26.0 Å². The van der Waals surface area contributed by atoms with E-state index in [9.17, 15) is 0 Å². The Kier molecular flexibility index (Phi) is 1.26. The van der Waals surface area contributed by atoms with Gasteiger partial charge in [0.15, 0.2) is 0 Å². The maximum Gasteiger partial charge on any atom is 0.0102 e. The first kappa shape index (κ1) is 5.72. The minimum Gasteiger partial charge on any atom is -0.327 e. The van der Waals surface area contributed by atoms with Gasteiger partial charge in [0, 0.05) is 6.04 Å². The lowest BCUT2D eigenvalue weighted by molar-refractivity contribution is 0.619. The van der Waals surface area contributed by atoms with Crippen LogP contribution in [0.3, 0.4) is 0 Å². The Morgan fingerprint density at radius 1 is 0.889 bits per heavy atom. The minimum atomic E-state index is 0.602. The van der Waals surface area contributed by atoms with Crippen molar-refractivity contribution in [2.24, 2.45) is 17.6 Å². The van der Waals surface area contributed by atoms with Crippen LogP contribution in [0.4, 0.5) is 0 Å². The largest absolute Gasteiger partial charge is 0.327 e. The van der Waals surface area contributed by atoms with Crippen molar-refractivity contribution < 1.29 is 0 Å². The average Bonchev–Trinajstić information content (AvgIpc) is 2.51. The SMILES string of the molecule is NC1C2CCCCCC12. The molecule has 2 aliphatic rings. The fourth-order valence-corrected chi connectivity index (χ4v) is 2.22. The van der Waals surface area contributed by atoms with Gasteiger partial charge in [0.1, 0.15) is 0 Å². The fraction of sp³-hybridized carbons (Fsp3) is 1.00. The average molecular weight is 125 g/mol. The summed E-state index contributed by atoms with van der Waals surface area (Å²) in [6.07, 6.45) is 7.18. The fourth-order valence-electron chi connectivity index (χ4n) is 2.22. The molecule has 0 spiro atoms. The van der Waals surface area contributed by atoms with Gasteiger partial charge < -0.3 is 5.73 Å². The molecule has 2 N–H and O–H groups in total. The minimum absolute atomic E-state index is 0.602. The normalized spacial score (nSPS) is 49.7. The lowest BCUT2D eigenvalue weighted by atomic mass is 10.1. The van der Waals surface area contributed by atoms with Gasteiger partial charge in [0.2, 0.25) is 0 Å². The van der Waals surface area contributed by atoms with Gasteiger partial charge in [-0.3, -0.25) is 0 Å². The number of fused-ring (bicyclic) bond motifs is 1. The van der Waals surface area contributed by atoms with Crippen LogP contribution in [0.15, 0.2) is 0 Å². The lowest BCUT2D eigenvalue weighted by Crippen LogP contribution is -2.04. The molecule has 0 radical (unpaired) electrons. The van der Waals surface area contributed by atoms with Crippen LogP contribution in [-0.4, -0.2) is 6.04 Å². The molecule has 0 amide bonds. The van der Waals surface area contributed by atoms with Crippen molar-refractivity contribution in [2.75, 3.05) is 0 Å². The summed E-state index contributed by atoms with van der Waals surface area (Å²) in [5, 5.41) is 0. The molecule has 1 nitrogen and oxygen atoms in total. The number of nitrogens with two attached hydrogens (primary N) is 1. The van der Waals surface area contributed by atoms with E-state index in [0.29, 0.717) is 6.04 Å². The Hall–Kier alpha value is -0.0400. The van der Waals surface area contributed by atoms with E-state index in [1.165, 1.54) is 32.1 Å². The van der Waals surface area contributed by atoms with Gasteiger partial charge in [-0.05, 0) is 24.7 Å². The van der Waals surface area contributed by atoms with Crippen molar-refractivity contribution in [3.05, 3.63) is 0 Å². The zero-order chi connectivity index (χ0) is 6.27. The van der Waals surface area contributed by atoms with Gasteiger partial charge in [-0.1, -0.05) is 19.3 Å². The summed E-state index contributed by atoms with van der Waals surface area (Å²) in [6.45, 7) is 0. The summed E-state index contributed by atoms with van der Waals surface area (Å²) in [5.41, 5.74) is 5.84. The first-order valence-electron chi connectivity index (χ1n) is 4.15. The molecule has 0 aliphatic heterocycles. The highest BCUT2D eigenvalue weighted by molar-refractivity contribution is 5.01. The van der Waals surface area contributed by atoms with Gasteiger partial charge in [-0.25, -0.2) is 0 Å². The Labute approximate surface area is 56.6 Å². The van der Waals surface area contributed by atoms with E-state index in [0.717, 1.165) is 11.8 Å². The first-order chi connectivity index (χ1) is 4.39. The second-order valence-corrected chi connectivity index (χ2v) is 3.54. The third-order valence-electron chi connectivity index (χ3n) is 2.97. The highest BCUT2D eigenvalue weighted by Crippen LogP contribution is 2.46. The standard InChI is InChI=1S/C8H15N/c9-8-6-4-2-1-3-5-7(6)8/h6-8H,1-5,9H2. The molecule has 52 valence electrons. The molecule has 2 rings (SSSR count). The van der Waals surface area contributed by atoms with Crippen molar-refractivity contribution >= 4 is 0 Å². The Morgan fingerprint density at radius 2 is 1.44 bits per heavy atom. The van der Waals surface area contributed by atoms with E-state index in [-0.39, 0.29) is 0 Å². The van der Waals surface area contributed by atoms with Gasteiger partial charge >= 0.3 is 0 Å². The molecule has 9 heavy (non-hydrogen) atoms. The molecule has 2 atom stereocenters. The molecule has 0 aromatic rings. The molecular weight excluding hydrogens is 110 g/mol. The molecule has 2 aliphatic carbocycles. The Balaban J connectivity index is 1.93. The summed E-state index contributed by atoms with van der Waals surface area (Å²) in [7, 11) is 0. The van der Waals surface area contributed by atoms with E-state index >= 15 is 0 Å². The Morgan fingerprint density at radius 3 is 2.00 bits per heavy atom. The van der Waals surface area contributed by atoms with E-state index < -0.39 is 0 Å². The van der Waals surface area contributed by atoms with Crippen LogP contribution in [0.25, 0.3) is 0 Å². The second-order valence-electron chi connectivity index (χ2n) is 3.54. The molecule has 0 aromatic heterocycles. The van der Waals surface area contributed by atoms with E-state index in [1.54, 1.807) is 0 Å². The predicted molar refractivity (Wildman–Crippen MR) is 38.0 cm³/mol. The zero-order valence-corrected chi connectivity index (χ0v) is 5.84. The summed E-state index contributed by atoms with van der Waals surface area (Å²) >= 11 is 0. The smallest absolute Gasteiger partial charge is 0.0102 e. The van der Waals surface area contributed by atoms with Gasteiger partial charge in [0.25, 0.3) is 0 Å². The third-order valence-corrected chi connectivity index (χ3v) is 2.97. The van der Waals surface area contributed by atoms with Crippen molar-refractivity contribution in [3.63, 3.8) is 0 Å². The van der Waals surface area contributed by atoms with E-state index in [2.05, 4.69) is 0 Å². The quantitative estimate of drug-likeness (QED) is 0.522. The summed E-state index contributed by atoms with van der Waals surface area (Å²) in [4.78, 5) is 0. The van der Waals surface area contributed by atoms with E-state index in [4.69, 9.17) is 5.73 Å². The van der Waals surface area contributed by atoms with Crippen molar-refractivity contribution in [1.82, 2.24) is 0 Å². The third kappa shape index (κ3) is 0.877. The molecule has 2 unspecified atom stereocenters. The van der Waals surface area contributed by atoms with E-state index in [1.807, 2.05) is 0 Å². The molecule has 2 saturated carbocycles. The maximum atomic E-state index is 5.84. The molecule has 0 aromatic carbocycles. The lowest BCUT2D eigenvalue weighted by Gasteiger charge is -1.94. The predicted octanol–water partition coefficient (Wildman–Crippen LogP) is 1.52. The molecule has 1 heteroatoms. The molecule has 0 bridgehead atoms. The van der Waals surface area contributed by atoms with Crippen molar-refractivity contribution in [1.29, 1.82) is 0 Å². The first-order valence-corrected chi connectivity index (χ1v) is 4.15. The second kappa shape index (κ2) is 1.98. The highest BCUT2D eigenvalue weighted by atomic mass is 14.8. The summed E-state index contributed by atoms with van der Waals surface area (Å²) in [6, 6.07) is 0.602. The van der Waals surface area contributed by atoms with Gasteiger partial charge in [-0.15, -0.1) is 0 Å².